The molecule has 1 aromatic heterocycles. The monoisotopic (exact) mass is 330 g/mol. The molecule has 0 bridgehead atoms. The Bertz CT molecular complexity index is 687. The standard InChI is InChI=1S/C17H22N4O3/c1-23-15-6-5-13(8-16(15)24-2)9-17(22)20-7-3-4-14(10-20)21-12-18-11-19-21/h5-6,8,11-12,14H,3-4,7,9-10H2,1-2H3/t14-/m0/s1. The molecule has 1 saturated heterocycles. The van der Waals surface area contributed by atoms with Crippen molar-refractivity contribution in [1.82, 2.24) is 19.7 Å². The average molecular weight is 330 g/mol. The third-order valence-electron chi connectivity index (χ3n) is 4.36. The van der Waals surface area contributed by atoms with Crippen molar-refractivity contribution in [2.24, 2.45) is 0 Å². The van der Waals surface area contributed by atoms with Gasteiger partial charge in [-0.15, -0.1) is 0 Å². The van der Waals surface area contributed by atoms with E-state index in [-0.39, 0.29) is 11.9 Å². The van der Waals surface area contributed by atoms with Gasteiger partial charge in [0.2, 0.25) is 5.91 Å². The summed E-state index contributed by atoms with van der Waals surface area (Å²) in [6.07, 6.45) is 5.59. The zero-order valence-electron chi connectivity index (χ0n) is 14.0. The van der Waals surface area contributed by atoms with Crippen LogP contribution in [0.5, 0.6) is 11.5 Å². The normalized spacial score (nSPS) is 17.6. The molecule has 1 aromatic carbocycles. The Kier molecular flexibility index (Phi) is 4.98. The van der Waals surface area contributed by atoms with Gasteiger partial charge in [0.05, 0.1) is 26.7 Å². The SMILES string of the molecule is COc1ccc(CC(=O)N2CCC[C@H](n3cncn3)C2)cc1OC. The summed E-state index contributed by atoms with van der Waals surface area (Å²) in [6.45, 7) is 1.47. The first-order valence-electron chi connectivity index (χ1n) is 8.04. The molecule has 1 aliphatic heterocycles. The minimum Gasteiger partial charge on any atom is -0.493 e. The summed E-state index contributed by atoms with van der Waals surface area (Å²) in [7, 11) is 3.19. The predicted octanol–water partition coefficient (Wildman–Crippen LogP) is 1.70. The third-order valence-corrected chi connectivity index (χ3v) is 4.36. The molecule has 7 nitrogen and oxygen atoms in total. The summed E-state index contributed by atoms with van der Waals surface area (Å²) in [4.78, 5) is 18.5. The lowest BCUT2D eigenvalue weighted by atomic mass is 10.0. The average Bonchev–Trinajstić information content (AvgIpc) is 3.16. The van der Waals surface area contributed by atoms with E-state index < -0.39 is 0 Å². The predicted molar refractivity (Wildman–Crippen MR) is 88.1 cm³/mol. The summed E-state index contributed by atoms with van der Waals surface area (Å²) in [6, 6.07) is 5.79. The molecule has 0 saturated carbocycles. The molecule has 2 aromatic rings. The van der Waals surface area contributed by atoms with Crippen LogP contribution in [0.3, 0.4) is 0 Å². The van der Waals surface area contributed by atoms with Crippen LogP contribution < -0.4 is 9.47 Å². The van der Waals surface area contributed by atoms with Gasteiger partial charge in [-0.3, -0.25) is 4.79 Å². The van der Waals surface area contributed by atoms with E-state index in [1.54, 1.807) is 20.5 Å². The van der Waals surface area contributed by atoms with E-state index in [1.807, 2.05) is 27.8 Å². The molecule has 1 amide bonds. The third kappa shape index (κ3) is 3.50. The number of ether oxygens (including phenoxy) is 2. The molecule has 1 aliphatic rings. The molecule has 24 heavy (non-hydrogen) atoms. The number of hydrogen-bond acceptors (Lipinski definition) is 5. The molecular formula is C17H22N4O3. The summed E-state index contributed by atoms with van der Waals surface area (Å²) in [5, 5.41) is 4.20. The number of nitrogens with zero attached hydrogens (tertiary/aromatic N) is 4. The molecule has 0 N–H and O–H groups in total. The van der Waals surface area contributed by atoms with E-state index >= 15 is 0 Å². The Morgan fingerprint density at radius 1 is 1.29 bits per heavy atom. The Balaban J connectivity index is 1.66. The van der Waals surface area contributed by atoms with Crippen molar-refractivity contribution in [3.05, 3.63) is 36.4 Å². The van der Waals surface area contributed by atoms with Crippen LogP contribution in [0.25, 0.3) is 0 Å². The quantitative estimate of drug-likeness (QED) is 0.834. The van der Waals surface area contributed by atoms with Gasteiger partial charge in [0.15, 0.2) is 11.5 Å². The fraction of sp³-hybridized carbons (Fsp3) is 0.471. The number of carbonyl (C=O) groups is 1. The van der Waals surface area contributed by atoms with Crippen LogP contribution in [0.1, 0.15) is 24.4 Å². The number of aromatic nitrogens is 3. The van der Waals surface area contributed by atoms with Gasteiger partial charge in [0.25, 0.3) is 0 Å². The summed E-state index contributed by atoms with van der Waals surface area (Å²) in [5.74, 6) is 1.42. The van der Waals surface area contributed by atoms with E-state index in [0.717, 1.165) is 24.9 Å². The van der Waals surface area contributed by atoms with Crippen molar-refractivity contribution in [3.63, 3.8) is 0 Å². The molecule has 3 rings (SSSR count). The summed E-state index contributed by atoms with van der Waals surface area (Å²) >= 11 is 0. The largest absolute Gasteiger partial charge is 0.493 e. The lowest BCUT2D eigenvalue weighted by Gasteiger charge is -2.32. The Hall–Kier alpha value is -2.57. The second-order valence-electron chi connectivity index (χ2n) is 5.88. The lowest BCUT2D eigenvalue weighted by molar-refractivity contribution is -0.132. The molecule has 7 heteroatoms. The molecule has 0 radical (unpaired) electrons. The van der Waals surface area contributed by atoms with Crippen LogP contribution in [0, 0.1) is 0 Å². The van der Waals surface area contributed by atoms with Crippen LogP contribution >= 0.6 is 0 Å². The van der Waals surface area contributed by atoms with E-state index in [9.17, 15) is 4.79 Å². The molecule has 2 heterocycles. The number of amides is 1. The zero-order chi connectivity index (χ0) is 16.9. The first-order valence-corrected chi connectivity index (χ1v) is 8.04. The first kappa shape index (κ1) is 16.3. The Morgan fingerprint density at radius 3 is 2.83 bits per heavy atom. The van der Waals surface area contributed by atoms with Gasteiger partial charge in [-0.25, -0.2) is 9.67 Å². The maximum absolute atomic E-state index is 12.6. The van der Waals surface area contributed by atoms with E-state index in [4.69, 9.17) is 9.47 Å². The van der Waals surface area contributed by atoms with Gasteiger partial charge < -0.3 is 14.4 Å². The highest BCUT2D eigenvalue weighted by Crippen LogP contribution is 2.28. The highest BCUT2D eigenvalue weighted by atomic mass is 16.5. The van der Waals surface area contributed by atoms with Crippen molar-refractivity contribution < 1.29 is 14.3 Å². The van der Waals surface area contributed by atoms with Crippen LogP contribution in [-0.2, 0) is 11.2 Å². The Morgan fingerprint density at radius 2 is 2.12 bits per heavy atom. The number of benzene rings is 1. The first-order chi connectivity index (χ1) is 11.7. The van der Waals surface area contributed by atoms with Crippen molar-refractivity contribution in [2.75, 3.05) is 27.3 Å². The molecule has 1 fully saturated rings. The van der Waals surface area contributed by atoms with Gasteiger partial charge >= 0.3 is 0 Å². The van der Waals surface area contributed by atoms with E-state index in [0.29, 0.717) is 24.5 Å². The molecule has 0 unspecified atom stereocenters. The van der Waals surface area contributed by atoms with Crippen LogP contribution in [0.15, 0.2) is 30.9 Å². The van der Waals surface area contributed by atoms with Gasteiger partial charge in [-0.05, 0) is 30.5 Å². The van der Waals surface area contributed by atoms with Crippen molar-refractivity contribution in [1.29, 1.82) is 0 Å². The maximum atomic E-state index is 12.6. The Labute approximate surface area is 141 Å². The van der Waals surface area contributed by atoms with Gasteiger partial charge in [0, 0.05) is 13.1 Å². The van der Waals surface area contributed by atoms with Crippen LogP contribution in [-0.4, -0.2) is 52.9 Å². The van der Waals surface area contributed by atoms with E-state index in [2.05, 4.69) is 10.1 Å². The van der Waals surface area contributed by atoms with Gasteiger partial charge in [-0.2, -0.15) is 5.10 Å². The van der Waals surface area contributed by atoms with Crippen LogP contribution in [0.2, 0.25) is 0 Å². The molecular weight excluding hydrogens is 308 g/mol. The molecule has 0 spiro atoms. The second-order valence-corrected chi connectivity index (χ2v) is 5.88. The highest BCUT2D eigenvalue weighted by Gasteiger charge is 2.25. The van der Waals surface area contributed by atoms with Gasteiger partial charge in [0.1, 0.15) is 12.7 Å². The molecule has 1 atom stereocenters. The maximum Gasteiger partial charge on any atom is 0.227 e. The fourth-order valence-corrected chi connectivity index (χ4v) is 3.08. The number of likely N-dealkylation sites (tertiary alicyclic amines) is 1. The van der Waals surface area contributed by atoms with E-state index in [1.165, 1.54) is 6.33 Å². The van der Waals surface area contributed by atoms with Gasteiger partial charge in [-0.1, -0.05) is 6.07 Å². The van der Waals surface area contributed by atoms with Crippen LogP contribution in [0.4, 0.5) is 0 Å². The fourth-order valence-electron chi connectivity index (χ4n) is 3.08. The minimum atomic E-state index is 0.118. The number of rotatable bonds is 5. The number of hydrogen-bond donors (Lipinski definition) is 0. The van der Waals surface area contributed by atoms with Crippen molar-refractivity contribution >= 4 is 5.91 Å². The summed E-state index contributed by atoms with van der Waals surface area (Å²) < 4.78 is 12.4. The zero-order valence-corrected chi connectivity index (χ0v) is 14.0. The number of carbonyl (C=O) groups excluding carboxylic acids is 1. The van der Waals surface area contributed by atoms with Crippen molar-refractivity contribution in [3.8, 4) is 11.5 Å². The molecule has 0 aliphatic carbocycles. The topological polar surface area (TPSA) is 69.5 Å². The number of piperidine rings is 1. The highest BCUT2D eigenvalue weighted by molar-refractivity contribution is 5.79. The smallest absolute Gasteiger partial charge is 0.227 e. The summed E-state index contributed by atoms with van der Waals surface area (Å²) in [5.41, 5.74) is 0.917. The molecule has 128 valence electrons. The minimum absolute atomic E-state index is 0.118. The van der Waals surface area contributed by atoms with Crippen molar-refractivity contribution in [2.45, 2.75) is 25.3 Å². The second kappa shape index (κ2) is 7.33. The number of methoxy groups -OCH3 is 2. The lowest BCUT2D eigenvalue weighted by Crippen LogP contribution is -2.41.